The van der Waals surface area contributed by atoms with Crippen LogP contribution < -0.4 is 24.6 Å². The van der Waals surface area contributed by atoms with Crippen molar-refractivity contribution in [2.45, 2.75) is 0 Å². The Labute approximate surface area is 186 Å². The van der Waals surface area contributed by atoms with Crippen molar-refractivity contribution < 1.29 is 19.1 Å². The maximum absolute atomic E-state index is 13.1. The number of ether oxygens (including phenoxy) is 2. The number of carbonyl (C=O) groups is 2. The van der Waals surface area contributed by atoms with Gasteiger partial charge >= 0.3 is 0 Å². The molecule has 0 aromatic heterocycles. The molecule has 3 rings (SSSR count). The largest absolute Gasteiger partial charge is 0.497 e. The minimum absolute atomic E-state index is 0.0149. The lowest BCUT2D eigenvalue weighted by Crippen LogP contribution is -2.54. The SMILES string of the molecule is COc1ccc(N2C(=O)/C(=C/C=C/c3ccc(N(C)C)cc3)C(=O)NC2=S)c(OC)c1. The van der Waals surface area contributed by atoms with Crippen molar-refractivity contribution in [2.24, 2.45) is 0 Å². The maximum Gasteiger partial charge on any atom is 0.270 e. The van der Waals surface area contributed by atoms with Gasteiger partial charge in [0.15, 0.2) is 5.11 Å². The predicted molar refractivity (Wildman–Crippen MR) is 126 cm³/mol. The number of benzene rings is 2. The van der Waals surface area contributed by atoms with Crippen molar-refractivity contribution in [2.75, 3.05) is 38.1 Å². The summed E-state index contributed by atoms with van der Waals surface area (Å²) in [5.41, 5.74) is 2.39. The first-order chi connectivity index (χ1) is 14.8. The van der Waals surface area contributed by atoms with E-state index < -0.39 is 11.8 Å². The van der Waals surface area contributed by atoms with Gasteiger partial charge in [-0.25, -0.2) is 4.90 Å². The molecule has 31 heavy (non-hydrogen) atoms. The Balaban J connectivity index is 1.89. The average Bonchev–Trinajstić information content (AvgIpc) is 2.76. The van der Waals surface area contributed by atoms with E-state index in [1.165, 1.54) is 25.2 Å². The van der Waals surface area contributed by atoms with Crippen LogP contribution in [0.2, 0.25) is 0 Å². The summed E-state index contributed by atoms with van der Waals surface area (Å²) < 4.78 is 10.6. The van der Waals surface area contributed by atoms with Gasteiger partial charge in [0.25, 0.3) is 11.8 Å². The van der Waals surface area contributed by atoms with Crippen LogP contribution in [0.15, 0.2) is 60.2 Å². The van der Waals surface area contributed by atoms with E-state index in [9.17, 15) is 9.59 Å². The molecular formula is C23H23N3O4S. The number of amides is 2. The molecule has 8 heteroatoms. The number of nitrogens with zero attached hydrogens (tertiary/aromatic N) is 2. The van der Waals surface area contributed by atoms with Crippen LogP contribution in [0.4, 0.5) is 11.4 Å². The summed E-state index contributed by atoms with van der Waals surface area (Å²) in [5.74, 6) is -0.128. The van der Waals surface area contributed by atoms with Gasteiger partial charge in [-0.1, -0.05) is 24.3 Å². The molecule has 0 atom stereocenters. The smallest absolute Gasteiger partial charge is 0.270 e. The van der Waals surface area contributed by atoms with Crippen molar-refractivity contribution in [1.82, 2.24) is 5.32 Å². The van der Waals surface area contributed by atoms with E-state index in [1.807, 2.05) is 49.3 Å². The molecule has 160 valence electrons. The standard InChI is InChI=1S/C23H23N3O4S/c1-25(2)16-10-8-15(9-11-16)6-5-7-18-21(27)24-23(31)26(22(18)28)19-13-12-17(29-3)14-20(19)30-4/h5-14H,1-4H3,(H,24,27,31)/b6-5+,18-7+. The second-order valence-corrected chi connectivity index (χ2v) is 7.25. The van der Waals surface area contributed by atoms with E-state index in [2.05, 4.69) is 5.32 Å². The highest BCUT2D eigenvalue weighted by Crippen LogP contribution is 2.34. The lowest BCUT2D eigenvalue weighted by molar-refractivity contribution is -0.122. The molecule has 1 saturated heterocycles. The molecule has 0 radical (unpaired) electrons. The monoisotopic (exact) mass is 437 g/mol. The summed E-state index contributed by atoms with van der Waals surface area (Å²) in [5, 5.41) is 2.55. The Morgan fingerprint density at radius 2 is 1.74 bits per heavy atom. The van der Waals surface area contributed by atoms with Gasteiger partial charge in [-0.15, -0.1) is 0 Å². The summed E-state index contributed by atoms with van der Waals surface area (Å²) in [6.45, 7) is 0. The number of thiocarbonyl (C=S) groups is 1. The number of hydrogen-bond donors (Lipinski definition) is 1. The highest BCUT2D eigenvalue weighted by molar-refractivity contribution is 7.80. The second-order valence-electron chi connectivity index (χ2n) is 6.86. The van der Waals surface area contributed by atoms with Crippen molar-refractivity contribution >= 4 is 46.6 Å². The fraction of sp³-hybridized carbons (Fsp3) is 0.174. The van der Waals surface area contributed by atoms with Crippen molar-refractivity contribution in [1.29, 1.82) is 0 Å². The Bertz CT molecular complexity index is 1070. The molecule has 0 spiro atoms. The minimum atomic E-state index is -0.550. The zero-order valence-electron chi connectivity index (χ0n) is 17.7. The van der Waals surface area contributed by atoms with Crippen molar-refractivity contribution in [3.05, 3.63) is 65.8 Å². The van der Waals surface area contributed by atoms with E-state index in [0.717, 1.165) is 11.3 Å². The molecule has 1 N–H and O–H groups in total. The second kappa shape index (κ2) is 9.44. The molecule has 0 bridgehead atoms. The van der Waals surface area contributed by atoms with Crippen molar-refractivity contribution in [3.63, 3.8) is 0 Å². The predicted octanol–water partition coefficient (Wildman–Crippen LogP) is 3.16. The number of anilines is 2. The normalized spacial score (nSPS) is 15.4. The number of hydrogen-bond acceptors (Lipinski definition) is 6. The van der Waals surface area contributed by atoms with E-state index >= 15 is 0 Å². The van der Waals surface area contributed by atoms with E-state index in [1.54, 1.807) is 24.3 Å². The van der Waals surface area contributed by atoms with Crippen LogP contribution in [-0.2, 0) is 9.59 Å². The molecule has 2 amide bonds. The van der Waals surface area contributed by atoms with Crippen LogP contribution in [0.5, 0.6) is 11.5 Å². The fourth-order valence-electron chi connectivity index (χ4n) is 3.00. The van der Waals surface area contributed by atoms with E-state index in [-0.39, 0.29) is 10.7 Å². The van der Waals surface area contributed by atoms with Crippen LogP contribution in [-0.4, -0.2) is 45.2 Å². The van der Waals surface area contributed by atoms with Gasteiger partial charge in [0.1, 0.15) is 17.1 Å². The van der Waals surface area contributed by atoms with Gasteiger partial charge < -0.3 is 14.4 Å². The fourth-order valence-corrected chi connectivity index (χ4v) is 3.28. The Morgan fingerprint density at radius 3 is 2.35 bits per heavy atom. The summed E-state index contributed by atoms with van der Waals surface area (Å²) in [6, 6.07) is 12.9. The summed E-state index contributed by atoms with van der Waals surface area (Å²) >= 11 is 5.24. The molecule has 1 fully saturated rings. The Morgan fingerprint density at radius 1 is 1.03 bits per heavy atom. The third-order valence-electron chi connectivity index (χ3n) is 4.69. The first-order valence-corrected chi connectivity index (χ1v) is 9.84. The van der Waals surface area contributed by atoms with E-state index in [0.29, 0.717) is 17.2 Å². The zero-order valence-corrected chi connectivity index (χ0v) is 18.5. The number of rotatable bonds is 6. The minimum Gasteiger partial charge on any atom is -0.497 e. The van der Waals surface area contributed by atoms with Crippen molar-refractivity contribution in [3.8, 4) is 11.5 Å². The molecule has 0 saturated carbocycles. The molecule has 1 heterocycles. The number of allylic oxidation sites excluding steroid dienone is 2. The molecule has 1 aliphatic heterocycles. The first-order valence-electron chi connectivity index (χ1n) is 9.43. The third kappa shape index (κ3) is 4.75. The van der Waals surface area contributed by atoms with Gasteiger partial charge in [0.2, 0.25) is 0 Å². The van der Waals surface area contributed by atoms with Gasteiger partial charge in [-0.3, -0.25) is 14.9 Å². The van der Waals surface area contributed by atoms with Gasteiger partial charge in [-0.05, 0) is 48.1 Å². The Kier molecular flexibility index (Phi) is 6.71. The molecule has 2 aromatic rings. The molecule has 7 nitrogen and oxygen atoms in total. The number of carbonyl (C=O) groups excluding carboxylic acids is 2. The van der Waals surface area contributed by atoms with Crippen LogP contribution in [0.3, 0.4) is 0 Å². The number of methoxy groups -OCH3 is 2. The lowest BCUT2D eigenvalue weighted by Gasteiger charge is -2.29. The topological polar surface area (TPSA) is 71.1 Å². The van der Waals surface area contributed by atoms with Gasteiger partial charge in [0.05, 0.1) is 19.9 Å². The van der Waals surface area contributed by atoms with Gasteiger partial charge in [0, 0.05) is 25.8 Å². The average molecular weight is 438 g/mol. The van der Waals surface area contributed by atoms with Crippen LogP contribution >= 0.6 is 12.2 Å². The highest BCUT2D eigenvalue weighted by Gasteiger charge is 2.35. The maximum atomic E-state index is 13.1. The van der Waals surface area contributed by atoms with Crippen LogP contribution in [0.1, 0.15) is 5.56 Å². The lowest BCUT2D eigenvalue weighted by atomic mass is 10.1. The molecule has 2 aromatic carbocycles. The number of nitrogens with one attached hydrogen (secondary N) is 1. The first kappa shape index (κ1) is 22.0. The van der Waals surface area contributed by atoms with Crippen LogP contribution in [0.25, 0.3) is 6.08 Å². The van der Waals surface area contributed by atoms with Crippen LogP contribution in [0, 0.1) is 0 Å². The highest BCUT2D eigenvalue weighted by atomic mass is 32.1. The zero-order chi connectivity index (χ0) is 22.5. The summed E-state index contributed by atoms with van der Waals surface area (Å²) in [7, 11) is 6.95. The molecular weight excluding hydrogens is 414 g/mol. The summed E-state index contributed by atoms with van der Waals surface area (Å²) in [4.78, 5) is 28.8. The third-order valence-corrected chi connectivity index (χ3v) is 4.98. The molecule has 0 aliphatic carbocycles. The quantitative estimate of drug-likeness (QED) is 0.425. The van der Waals surface area contributed by atoms with E-state index in [4.69, 9.17) is 21.7 Å². The molecule has 1 aliphatic rings. The van der Waals surface area contributed by atoms with Gasteiger partial charge in [-0.2, -0.15) is 0 Å². The Hall–Kier alpha value is -3.65. The summed E-state index contributed by atoms with van der Waals surface area (Å²) in [6.07, 6.45) is 4.95. The molecule has 0 unspecified atom stereocenters.